The average Bonchev–Trinajstić information content (AvgIpc) is 2.66. The SMILES string of the molecule is COc1ccc(NC(=O)CNc2ccccc2C(C)C)cc1S(=O)(=O)N(C)C. The van der Waals surface area contributed by atoms with Crippen LogP contribution in [0.25, 0.3) is 0 Å². The summed E-state index contributed by atoms with van der Waals surface area (Å²) in [4.78, 5) is 12.3. The molecular formula is C20H27N3O4S. The zero-order valence-electron chi connectivity index (χ0n) is 16.8. The maximum Gasteiger partial charge on any atom is 0.246 e. The maximum absolute atomic E-state index is 12.5. The minimum Gasteiger partial charge on any atom is -0.495 e. The lowest BCUT2D eigenvalue weighted by Gasteiger charge is -2.16. The van der Waals surface area contributed by atoms with Gasteiger partial charge in [0.15, 0.2) is 0 Å². The van der Waals surface area contributed by atoms with Crippen molar-refractivity contribution in [2.45, 2.75) is 24.7 Å². The van der Waals surface area contributed by atoms with Crippen LogP contribution in [0, 0.1) is 0 Å². The molecule has 0 saturated heterocycles. The minimum atomic E-state index is -3.71. The van der Waals surface area contributed by atoms with Crippen molar-refractivity contribution in [2.24, 2.45) is 0 Å². The highest BCUT2D eigenvalue weighted by Crippen LogP contribution is 2.29. The third-order valence-electron chi connectivity index (χ3n) is 4.23. The van der Waals surface area contributed by atoms with Crippen molar-refractivity contribution >= 4 is 27.3 Å². The van der Waals surface area contributed by atoms with Gasteiger partial charge in [-0.25, -0.2) is 12.7 Å². The fourth-order valence-electron chi connectivity index (χ4n) is 2.69. The summed E-state index contributed by atoms with van der Waals surface area (Å²) < 4.78 is 31.2. The van der Waals surface area contributed by atoms with Gasteiger partial charge in [0.1, 0.15) is 10.6 Å². The molecular weight excluding hydrogens is 378 g/mol. The van der Waals surface area contributed by atoms with Crippen LogP contribution < -0.4 is 15.4 Å². The molecule has 0 heterocycles. The zero-order chi connectivity index (χ0) is 20.9. The molecule has 0 aromatic heterocycles. The van der Waals surface area contributed by atoms with Gasteiger partial charge in [0, 0.05) is 25.5 Å². The molecule has 152 valence electrons. The first kappa shape index (κ1) is 21.7. The van der Waals surface area contributed by atoms with Gasteiger partial charge in [0.2, 0.25) is 15.9 Å². The third kappa shape index (κ3) is 5.02. The number of amides is 1. The van der Waals surface area contributed by atoms with E-state index in [-0.39, 0.29) is 23.1 Å². The van der Waals surface area contributed by atoms with Crippen molar-refractivity contribution in [3.8, 4) is 5.75 Å². The van der Waals surface area contributed by atoms with E-state index in [1.54, 1.807) is 6.07 Å². The summed E-state index contributed by atoms with van der Waals surface area (Å²) in [5, 5.41) is 5.86. The lowest BCUT2D eigenvalue weighted by atomic mass is 10.0. The topological polar surface area (TPSA) is 87.7 Å². The number of nitrogens with zero attached hydrogens (tertiary/aromatic N) is 1. The van der Waals surface area contributed by atoms with E-state index in [0.29, 0.717) is 11.6 Å². The molecule has 2 N–H and O–H groups in total. The summed E-state index contributed by atoms with van der Waals surface area (Å²) in [5.74, 6) is 0.264. The van der Waals surface area contributed by atoms with Crippen molar-refractivity contribution in [1.82, 2.24) is 4.31 Å². The van der Waals surface area contributed by atoms with E-state index >= 15 is 0 Å². The summed E-state index contributed by atoms with van der Waals surface area (Å²) in [6.07, 6.45) is 0. The number of anilines is 2. The van der Waals surface area contributed by atoms with Crippen molar-refractivity contribution in [1.29, 1.82) is 0 Å². The Morgan fingerprint density at radius 3 is 2.43 bits per heavy atom. The number of benzene rings is 2. The van der Waals surface area contributed by atoms with E-state index in [1.807, 2.05) is 24.3 Å². The van der Waals surface area contributed by atoms with Crippen LogP contribution in [0.2, 0.25) is 0 Å². The smallest absolute Gasteiger partial charge is 0.246 e. The van der Waals surface area contributed by atoms with E-state index in [2.05, 4.69) is 24.5 Å². The Morgan fingerprint density at radius 2 is 1.82 bits per heavy atom. The van der Waals surface area contributed by atoms with Crippen molar-refractivity contribution in [2.75, 3.05) is 38.4 Å². The molecule has 8 heteroatoms. The van der Waals surface area contributed by atoms with Crippen LogP contribution in [0.15, 0.2) is 47.4 Å². The molecule has 0 unspecified atom stereocenters. The lowest BCUT2D eigenvalue weighted by Crippen LogP contribution is -2.24. The standard InChI is InChI=1S/C20H27N3O4S/c1-14(2)16-8-6-7-9-17(16)21-13-20(24)22-15-10-11-18(27-5)19(12-15)28(25,26)23(3)4/h6-12,14,21H,13H2,1-5H3,(H,22,24). The van der Waals surface area contributed by atoms with Gasteiger partial charge in [-0.15, -0.1) is 0 Å². The molecule has 28 heavy (non-hydrogen) atoms. The zero-order valence-corrected chi connectivity index (χ0v) is 17.6. The number of rotatable bonds is 8. The molecule has 1 amide bonds. The molecule has 7 nitrogen and oxygen atoms in total. The van der Waals surface area contributed by atoms with Gasteiger partial charge in [-0.05, 0) is 35.7 Å². The third-order valence-corrected chi connectivity index (χ3v) is 6.06. The lowest BCUT2D eigenvalue weighted by molar-refractivity contribution is -0.114. The first-order chi connectivity index (χ1) is 13.2. The number of para-hydroxylation sites is 1. The second-order valence-corrected chi connectivity index (χ2v) is 8.92. The number of hydrogen-bond donors (Lipinski definition) is 2. The predicted molar refractivity (Wildman–Crippen MR) is 112 cm³/mol. The van der Waals surface area contributed by atoms with Crippen LogP contribution in [0.4, 0.5) is 11.4 Å². The molecule has 0 aliphatic rings. The van der Waals surface area contributed by atoms with Crippen LogP contribution in [0.5, 0.6) is 5.75 Å². The Morgan fingerprint density at radius 1 is 1.14 bits per heavy atom. The summed E-state index contributed by atoms with van der Waals surface area (Å²) >= 11 is 0. The molecule has 0 fully saturated rings. The number of ether oxygens (including phenoxy) is 1. The fourth-order valence-corrected chi connectivity index (χ4v) is 3.77. The summed E-state index contributed by atoms with van der Waals surface area (Å²) in [6.45, 7) is 4.24. The number of carbonyl (C=O) groups is 1. The number of methoxy groups -OCH3 is 1. The van der Waals surface area contributed by atoms with Gasteiger partial charge in [-0.2, -0.15) is 0 Å². The summed E-state index contributed by atoms with van der Waals surface area (Å²) in [7, 11) is 0.575. The van der Waals surface area contributed by atoms with E-state index in [4.69, 9.17) is 4.74 Å². The van der Waals surface area contributed by atoms with Gasteiger partial charge in [0.05, 0.1) is 13.7 Å². The highest BCUT2D eigenvalue weighted by molar-refractivity contribution is 7.89. The van der Waals surface area contributed by atoms with Crippen LogP contribution in [0.1, 0.15) is 25.3 Å². The van der Waals surface area contributed by atoms with E-state index in [9.17, 15) is 13.2 Å². The van der Waals surface area contributed by atoms with Gasteiger partial charge < -0.3 is 15.4 Å². The Kier molecular flexibility index (Phi) is 7.04. The predicted octanol–water partition coefficient (Wildman–Crippen LogP) is 3.12. The first-order valence-electron chi connectivity index (χ1n) is 8.90. The van der Waals surface area contributed by atoms with Crippen molar-refractivity contribution < 1.29 is 17.9 Å². The largest absolute Gasteiger partial charge is 0.495 e. The van der Waals surface area contributed by atoms with E-state index in [1.165, 1.54) is 33.3 Å². The second kappa shape index (κ2) is 9.07. The molecule has 0 bridgehead atoms. The Balaban J connectivity index is 2.15. The molecule has 0 atom stereocenters. The van der Waals surface area contributed by atoms with Crippen LogP contribution in [-0.2, 0) is 14.8 Å². The number of nitrogens with one attached hydrogen (secondary N) is 2. The molecule has 0 aliphatic heterocycles. The quantitative estimate of drug-likeness (QED) is 0.705. The van der Waals surface area contributed by atoms with E-state index < -0.39 is 10.0 Å². The molecule has 2 aromatic carbocycles. The summed E-state index contributed by atoms with van der Waals surface area (Å²) in [6, 6.07) is 12.3. The molecule has 0 radical (unpaired) electrons. The Hall–Kier alpha value is -2.58. The Bertz CT molecular complexity index is 940. The van der Waals surface area contributed by atoms with Crippen molar-refractivity contribution in [3.05, 3.63) is 48.0 Å². The van der Waals surface area contributed by atoms with Crippen LogP contribution >= 0.6 is 0 Å². The number of carbonyl (C=O) groups excluding carboxylic acids is 1. The maximum atomic E-state index is 12.5. The van der Waals surface area contributed by atoms with Gasteiger partial charge in [-0.1, -0.05) is 32.0 Å². The monoisotopic (exact) mass is 405 g/mol. The number of hydrogen-bond acceptors (Lipinski definition) is 5. The normalized spacial score (nSPS) is 11.5. The Labute approximate surface area is 166 Å². The molecule has 0 spiro atoms. The summed E-state index contributed by atoms with van der Waals surface area (Å²) in [5.41, 5.74) is 2.41. The highest BCUT2D eigenvalue weighted by atomic mass is 32.2. The fraction of sp³-hybridized carbons (Fsp3) is 0.350. The van der Waals surface area contributed by atoms with E-state index in [0.717, 1.165) is 15.6 Å². The second-order valence-electron chi connectivity index (χ2n) is 6.80. The minimum absolute atomic E-state index is 0.00378. The number of sulfonamides is 1. The average molecular weight is 406 g/mol. The highest BCUT2D eigenvalue weighted by Gasteiger charge is 2.23. The van der Waals surface area contributed by atoms with Gasteiger partial charge >= 0.3 is 0 Å². The van der Waals surface area contributed by atoms with Crippen LogP contribution in [0.3, 0.4) is 0 Å². The van der Waals surface area contributed by atoms with Crippen LogP contribution in [-0.4, -0.2) is 46.4 Å². The first-order valence-corrected chi connectivity index (χ1v) is 10.3. The van der Waals surface area contributed by atoms with Gasteiger partial charge in [0.25, 0.3) is 0 Å². The molecule has 2 rings (SSSR count). The van der Waals surface area contributed by atoms with Crippen molar-refractivity contribution in [3.63, 3.8) is 0 Å². The molecule has 0 saturated carbocycles. The molecule has 2 aromatic rings. The molecule has 0 aliphatic carbocycles. The van der Waals surface area contributed by atoms with Gasteiger partial charge in [-0.3, -0.25) is 4.79 Å².